The van der Waals surface area contributed by atoms with Crippen molar-refractivity contribution in [2.75, 3.05) is 0 Å². The molecule has 0 amide bonds. The lowest BCUT2D eigenvalue weighted by molar-refractivity contribution is -0.161. The largest absolute Gasteiger partial charge is 0.393 e. The van der Waals surface area contributed by atoms with Gasteiger partial charge in [0, 0.05) is 0 Å². The highest BCUT2D eigenvalue weighted by Crippen LogP contribution is 2.89. The molecule has 1 nitrogen and oxygen atoms in total. The monoisotopic (exact) mass is 426 g/mol. The molecule has 0 bridgehead atoms. The van der Waals surface area contributed by atoms with Gasteiger partial charge in [-0.3, -0.25) is 0 Å². The standard InChI is InChI=1S/C30H50O/c1-20(2)9-8-10-21(3)22-13-15-28(7)24-12-11-23-26(4,5)25(31)14-16-29(23)19-30(24,29)18-17-27(22,28)6/h21-25,31H,1,8-19H2,2-7H3/t21-,22?,23?,24+,25+,27-,28?,29-,30+/m1/s1. The molecule has 2 spiro atoms. The zero-order valence-corrected chi connectivity index (χ0v) is 21.5. The third-order valence-corrected chi connectivity index (χ3v) is 13.1. The fourth-order valence-electron chi connectivity index (χ4n) is 11.2. The third-order valence-electron chi connectivity index (χ3n) is 13.1. The van der Waals surface area contributed by atoms with E-state index in [1.165, 1.54) is 76.2 Å². The van der Waals surface area contributed by atoms with Gasteiger partial charge in [0.25, 0.3) is 0 Å². The average molecular weight is 427 g/mol. The first-order chi connectivity index (χ1) is 14.4. The summed E-state index contributed by atoms with van der Waals surface area (Å²) in [6.07, 6.45) is 16.4. The topological polar surface area (TPSA) is 20.2 Å². The number of aliphatic hydroxyl groups is 1. The Balaban J connectivity index is 1.39. The van der Waals surface area contributed by atoms with Crippen molar-refractivity contribution in [2.24, 2.45) is 50.7 Å². The van der Waals surface area contributed by atoms with Gasteiger partial charge in [0.05, 0.1) is 6.10 Å². The smallest absolute Gasteiger partial charge is 0.0594 e. The predicted molar refractivity (Wildman–Crippen MR) is 131 cm³/mol. The van der Waals surface area contributed by atoms with Gasteiger partial charge in [0.2, 0.25) is 0 Å². The van der Waals surface area contributed by atoms with Crippen LogP contribution < -0.4 is 0 Å². The summed E-state index contributed by atoms with van der Waals surface area (Å²) >= 11 is 0. The number of aliphatic hydroxyl groups excluding tert-OH is 1. The molecule has 0 saturated heterocycles. The van der Waals surface area contributed by atoms with Crippen LogP contribution in [0.15, 0.2) is 12.2 Å². The van der Waals surface area contributed by atoms with Crippen molar-refractivity contribution in [3.8, 4) is 0 Å². The summed E-state index contributed by atoms with van der Waals surface area (Å²) in [5, 5.41) is 10.8. The Hall–Kier alpha value is -0.300. The number of hydrogen-bond acceptors (Lipinski definition) is 1. The molecule has 3 unspecified atom stereocenters. The fraction of sp³-hybridized carbons (Fsp3) is 0.933. The minimum atomic E-state index is -0.0855. The Morgan fingerprint density at radius 3 is 2.29 bits per heavy atom. The lowest BCUT2D eigenvalue weighted by Gasteiger charge is -2.63. The van der Waals surface area contributed by atoms with Crippen LogP contribution in [0.5, 0.6) is 0 Å². The van der Waals surface area contributed by atoms with Crippen molar-refractivity contribution in [1.29, 1.82) is 0 Å². The maximum absolute atomic E-state index is 10.8. The first-order valence-electron chi connectivity index (χ1n) is 13.8. The molecule has 1 N–H and O–H groups in total. The highest BCUT2D eigenvalue weighted by Gasteiger charge is 2.82. The molecule has 0 aromatic rings. The van der Waals surface area contributed by atoms with Crippen molar-refractivity contribution in [3.63, 3.8) is 0 Å². The first-order valence-corrected chi connectivity index (χ1v) is 13.8. The van der Waals surface area contributed by atoms with Crippen LogP contribution in [-0.4, -0.2) is 11.2 Å². The molecule has 0 aliphatic heterocycles. The van der Waals surface area contributed by atoms with Gasteiger partial charge in [0.1, 0.15) is 0 Å². The summed E-state index contributed by atoms with van der Waals surface area (Å²) in [4.78, 5) is 0. The second-order valence-corrected chi connectivity index (χ2v) is 14.4. The molecular formula is C30H50O. The Bertz CT molecular complexity index is 752. The van der Waals surface area contributed by atoms with Crippen LogP contribution in [0.4, 0.5) is 0 Å². The minimum absolute atomic E-state index is 0.0855. The molecule has 0 aromatic heterocycles. The van der Waals surface area contributed by atoms with E-state index in [0.29, 0.717) is 21.7 Å². The molecule has 5 rings (SSSR count). The highest BCUT2D eigenvalue weighted by molar-refractivity contribution is 5.30. The van der Waals surface area contributed by atoms with Crippen LogP contribution in [0.25, 0.3) is 0 Å². The van der Waals surface area contributed by atoms with E-state index < -0.39 is 0 Å². The van der Waals surface area contributed by atoms with Crippen LogP contribution in [0.1, 0.15) is 119 Å². The van der Waals surface area contributed by atoms with Crippen LogP contribution >= 0.6 is 0 Å². The molecule has 1 heteroatoms. The molecule has 0 heterocycles. The van der Waals surface area contributed by atoms with Crippen molar-refractivity contribution < 1.29 is 5.11 Å². The number of rotatable bonds is 5. The Kier molecular flexibility index (Phi) is 4.98. The summed E-state index contributed by atoms with van der Waals surface area (Å²) in [7, 11) is 0. The van der Waals surface area contributed by atoms with Gasteiger partial charge in [-0.2, -0.15) is 0 Å². The van der Waals surface area contributed by atoms with E-state index in [9.17, 15) is 5.11 Å². The van der Waals surface area contributed by atoms with Gasteiger partial charge >= 0.3 is 0 Å². The molecule has 0 radical (unpaired) electrons. The Labute approximate surface area is 192 Å². The van der Waals surface area contributed by atoms with Crippen molar-refractivity contribution in [1.82, 2.24) is 0 Å². The summed E-state index contributed by atoms with van der Waals surface area (Å²) in [6, 6.07) is 0. The van der Waals surface area contributed by atoms with Gasteiger partial charge in [-0.15, -0.1) is 6.58 Å². The van der Waals surface area contributed by atoms with Crippen LogP contribution in [0.3, 0.4) is 0 Å². The molecule has 5 aliphatic rings. The van der Waals surface area contributed by atoms with Gasteiger partial charge in [-0.05, 0) is 128 Å². The number of allylic oxidation sites excluding steroid dienone is 1. The molecule has 5 aliphatic carbocycles. The second kappa shape index (κ2) is 6.86. The zero-order chi connectivity index (χ0) is 22.4. The Morgan fingerprint density at radius 2 is 1.58 bits per heavy atom. The lowest BCUT2D eigenvalue weighted by atomic mass is 9.41. The van der Waals surface area contributed by atoms with E-state index in [0.717, 1.165) is 30.1 Å². The molecule has 31 heavy (non-hydrogen) atoms. The summed E-state index contributed by atoms with van der Waals surface area (Å²) in [5.74, 6) is 3.46. The number of fused-ring (bicyclic) bond motifs is 2. The summed E-state index contributed by atoms with van der Waals surface area (Å²) in [5.41, 5.74) is 3.74. The third kappa shape index (κ3) is 2.71. The molecule has 5 saturated carbocycles. The maximum Gasteiger partial charge on any atom is 0.0594 e. The zero-order valence-electron chi connectivity index (χ0n) is 21.5. The van der Waals surface area contributed by atoms with Crippen molar-refractivity contribution >= 4 is 0 Å². The molecule has 9 atom stereocenters. The molecule has 176 valence electrons. The normalized spacial score (nSPS) is 53.0. The summed E-state index contributed by atoms with van der Waals surface area (Å²) < 4.78 is 0. The minimum Gasteiger partial charge on any atom is -0.393 e. The SMILES string of the molecule is C=C(C)CCC[C@@H](C)C1CCC2(C)[C@@H]3CCC4C(C)(C)[C@@H](O)CC[C@@]45C[C@@]35CC[C@]12C. The molecular weight excluding hydrogens is 376 g/mol. The van der Waals surface area contributed by atoms with Crippen molar-refractivity contribution in [2.45, 2.75) is 125 Å². The molecule has 5 fully saturated rings. The van der Waals surface area contributed by atoms with Gasteiger partial charge in [-0.1, -0.05) is 46.6 Å². The van der Waals surface area contributed by atoms with Gasteiger partial charge in [-0.25, -0.2) is 0 Å². The van der Waals surface area contributed by atoms with E-state index in [2.05, 4.69) is 48.1 Å². The van der Waals surface area contributed by atoms with E-state index in [1.807, 2.05) is 0 Å². The molecule has 0 aromatic carbocycles. The average Bonchev–Trinajstić information content (AvgIpc) is 3.27. The van der Waals surface area contributed by atoms with E-state index in [1.54, 1.807) is 0 Å². The predicted octanol–water partition coefficient (Wildman–Crippen LogP) is 8.17. The van der Waals surface area contributed by atoms with E-state index in [4.69, 9.17) is 0 Å². The van der Waals surface area contributed by atoms with Crippen molar-refractivity contribution in [3.05, 3.63) is 12.2 Å². The van der Waals surface area contributed by atoms with Crippen LogP contribution in [0.2, 0.25) is 0 Å². The van der Waals surface area contributed by atoms with Crippen LogP contribution in [-0.2, 0) is 0 Å². The van der Waals surface area contributed by atoms with Gasteiger partial charge in [0.15, 0.2) is 0 Å². The van der Waals surface area contributed by atoms with E-state index in [-0.39, 0.29) is 11.5 Å². The fourth-order valence-corrected chi connectivity index (χ4v) is 11.2. The lowest BCUT2D eigenvalue weighted by Crippen LogP contribution is -2.57. The van der Waals surface area contributed by atoms with E-state index >= 15 is 0 Å². The quantitative estimate of drug-likeness (QED) is 0.439. The second-order valence-electron chi connectivity index (χ2n) is 14.4. The highest BCUT2D eigenvalue weighted by atomic mass is 16.3. The summed E-state index contributed by atoms with van der Waals surface area (Å²) in [6.45, 7) is 19.1. The Morgan fingerprint density at radius 1 is 0.903 bits per heavy atom. The first kappa shape index (κ1) is 22.5. The maximum atomic E-state index is 10.8. The number of hydrogen-bond donors (Lipinski definition) is 1. The van der Waals surface area contributed by atoms with Crippen LogP contribution in [0, 0.1) is 50.7 Å². The van der Waals surface area contributed by atoms with Gasteiger partial charge < -0.3 is 5.11 Å².